The lowest BCUT2D eigenvalue weighted by molar-refractivity contribution is -0.155. The fourth-order valence-corrected chi connectivity index (χ4v) is 2.61. The molecule has 4 heteroatoms. The second kappa shape index (κ2) is 9.59. The molecular weight excluding hydrogens is 316 g/mol. The minimum absolute atomic E-state index is 0.164. The summed E-state index contributed by atoms with van der Waals surface area (Å²) in [5.74, 6) is -0.904. The molecular formula is C21H32O4. The number of hydrogen-bond donors (Lipinski definition) is 1. The summed E-state index contributed by atoms with van der Waals surface area (Å²) >= 11 is 0. The molecule has 1 rings (SSSR count). The van der Waals surface area contributed by atoms with Crippen molar-refractivity contribution in [2.24, 2.45) is 10.8 Å². The van der Waals surface area contributed by atoms with Crippen LogP contribution in [0.3, 0.4) is 0 Å². The van der Waals surface area contributed by atoms with E-state index in [1.807, 2.05) is 44.2 Å². The van der Waals surface area contributed by atoms with E-state index in [-0.39, 0.29) is 5.97 Å². The molecule has 0 spiro atoms. The first-order chi connectivity index (χ1) is 11.6. The van der Waals surface area contributed by atoms with Crippen molar-refractivity contribution in [2.45, 2.75) is 72.8 Å². The molecule has 1 aromatic rings. The molecule has 0 unspecified atom stereocenters. The zero-order valence-corrected chi connectivity index (χ0v) is 16.0. The Balaban J connectivity index is 2.23. The molecule has 0 heterocycles. The third-order valence-electron chi connectivity index (χ3n) is 4.70. The Morgan fingerprint density at radius 3 is 1.92 bits per heavy atom. The average molecular weight is 348 g/mol. The van der Waals surface area contributed by atoms with E-state index in [1.165, 1.54) is 0 Å². The van der Waals surface area contributed by atoms with Crippen molar-refractivity contribution in [1.29, 1.82) is 0 Å². The van der Waals surface area contributed by atoms with E-state index in [2.05, 4.69) is 0 Å². The summed E-state index contributed by atoms with van der Waals surface area (Å²) in [5, 5.41) is 9.09. The maximum Gasteiger partial charge on any atom is 0.311 e. The van der Waals surface area contributed by atoms with E-state index in [4.69, 9.17) is 9.84 Å². The molecule has 0 radical (unpaired) electrons. The zero-order chi connectivity index (χ0) is 18.9. The fraction of sp³-hybridized carbons (Fsp3) is 0.619. The molecule has 0 aliphatic heterocycles. The van der Waals surface area contributed by atoms with E-state index in [0.29, 0.717) is 13.0 Å². The number of ether oxygens (including phenoxy) is 1. The maximum atomic E-state index is 12.3. The van der Waals surface area contributed by atoms with Crippen LogP contribution in [0.4, 0.5) is 0 Å². The van der Waals surface area contributed by atoms with Crippen molar-refractivity contribution >= 4 is 11.9 Å². The van der Waals surface area contributed by atoms with Gasteiger partial charge in [-0.3, -0.25) is 9.59 Å². The number of esters is 1. The predicted molar refractivity (Wildman–Crippen MR) is 99.1 cm³/mol. The van der Waals surface area contributed by atoms with Gasteiger partial charge in [0.15, 0.2) is 0 Å². The highest BCUT2D eigenvalue weighted by Crippen LogP contribution is 2.28. The summed E-state index contributed by atoms with van der Waals surface area (Å²) in [6.07, 6.45) is 5.31. The van der Waals surface area contributed by atoms with Gasteiger partial charge < -0.3 is 9.84 Å². The van der Waals surface area contributed by atoms with Crippen LogP contribution in [0.15, 0.2) is 30.3 Å². The van der Waals surface area contributed by atoms with Crippen molar-refractivity contribution in [2.75, 3.05) is 0 Å². The molecule has 1 N–H and O–H groups in total. The average Bonchev–Trinajstić information content (AvgIpc) is 2.56. The second-order valence-electron chi connectivity index (χ2n) is 8.05. The van der Waals surface area contributed by atoms with Crippen LogP contribution in [0.5, 0.6) is 0 Å². The van der Waals surface area contributed by atoms with Gasteiger partial charge in [-0.2, -0.15) is 0 Å². The van der Waals surface area contributed by atoms with Crippen LogP contribution in [0.1, 0.15) is 71.8 Å². The van der Waals surface area contributed by atoms with Crippen LogP contribution in [0.25, 0.3) is 0 Å². The van der Waals surface area contributed by atoms with Gasteiger partial charge in [0, 0.05) is 0 Å². The van der Waals surface area contributed by atoms with E-state index < -0.39 is 16.8 Å². The first-order valence-electron chi connectivity index (χ1n) is 9.10. The Kier molecular flexibility index (Phi) is 8.14. The molecule has 1 aromatic carbocycles. The number of benzene rings is 1. The third-order valence-corrected chi connectivity index (χ3v) is 4.70. The van der Waals surface area contributed by atoms with Gasteiger partial charge in [0.2, 0.25) is 0 Å². The molecule has 0 aromatic heterocycles. The summed E-state index contributed by atoms with van der Waals surface area (Å²) in [5.41, 5.74) is -0.150. The molecule has 0 saturated carbocycles. The molecule has 140 valence electrons. The van der Waals surface area contributed by atoms with E-state index >= 15 is 0 Å². The topological polar surface area (TPSA) is 63.6 Å². The highest BCUT2D eigenvalue weighted by molar-refractivity contribution is 5.75. The first-order valence-corrected chi connectivity index (χ1v) is 9.10. The third kappa shape index (κ3) is 7.72. The number of hydrogen-bond acceptors (Lipinski definition) is 3. The van der Waals surface area contributed by atoms with Gasteiger partial charge in [-0.15, -0.1) is 0 Å². The van der Waals surface area contributed by atoms with Crippen molar-refractivity contribution in [3.05, 3.63) is 35.9 Å². The Morgan fingerprint density at radius 2 is 1.40 bits per heavy atom. The van der Waals surface area contributed by atoms with Gasteiger partial charge in [-0.05, 0) is 46.1 Å². The fourth-order valence-electron chi connectivity index (χ4n) is 2.61. The van der Waals surface area contributed by atoms with E-state index in [1.54, 1.807) is 13.8 Å². The van der Waals surface area contributed by atoms with Crippen LogP contribution < -0.4 is 0 Å². The summed E-state index contributed by atoms with van der Waals surface area (Å²) < 4.78 is 5.44. The highest BCUT2D eigenvalue weighted by Gasteiger charge is 2.29. The number of carbonyl (C=O) groups is 2. The number of rotatable bonds is 11. The summed E-state index contributed by atoms with van der Waals surface area (Å²) in [7, 11) is 0. The molecule has 0 aliphatic rings. The number of carbonyl (C=O) groups excluding carboxylic acids is 1. The Bertz CT molecular complexity index is 546. The molecule has 0 bridgehead atoms. The summed E-state index contributed by atoms with van der Waals surface area (Å²) in [4.78, 5) is 23.3. The second-order valence-corrected chi connectivity index (χ2v) is 8.05. The number of unbranched alkanes of at least 4 members (excludes halogenated alkanes) is 3. The Hall–Kier alpha value is -1.84. The molecule has 0 fully saturated rings. The van der Waals surface area contributed by atoms with Gasteiger partial charge in [0.1, 0.15) is 6.61 Å². The lowest BCUT2D eigenvalue weighted by atomic mass is 9.85. The van der Waals surface area contributed by atoms with Crippen LogP contribution >= 0.6 is 0 Å². The SMILES string of the molecule is CC(C)(CCCCCCC(C)(C)C(=O)OCc1ccccc1)C(=O)O. The maximum absolute atomic E-state index is 12.3. The van der Waals surface area contributed by atoms with Gasteiger partial charge >= 0.3 is 11.9 Å². The number of carboxylic acids is 1. The van der Waals surface area contributed by atoms with Crippen molar-refractivity contribution in [3.8, 4) is 0 Å². The summed E-state index contributed by atoms with van der Waals surface area (Å²) in [6.45, 7) is 7.69. The predicted octanol–water partition coefficient (Wildman–Crippen LogP) is 5.21. The first kappa shape index (κ1) is 21.2. The molecule has 0 aliphatic carbocycles. The van der Waals surface area contributed by atoms with Crippen molar-refractivity contribution in [3.63, 3.8) is 0 Å². The van der Waals surface area contributed by atoms with Gasteiger partial charge in [0.25, 0.3) is 0 Å². The summed E-state index contributed by atoms with van der Waals surface area (Å²) in [6, 6.07) is 9.69. The molecule has 4 nitrogen and oxygen atoms in total. The lowest BCUT2D eigenvalue weighted by Crippen LogP contribution is -2.26. The van der Waals surface area contributed by atoms with Crippen molar-refractivity contribution < 1.29 is 19.4 Å². The van der Waals surface area contributed by atoms with Gasteiger partial charge in [-0.25, -0.2) is 0 Å². The van der Waals surface area contributed by atoms with Crippen molar-refractivity contribution in [1.82, 2.24) is 0 Å². The van der Waals surface area contributed by atoms with Crippen LogP contribution in [-0.4, -0.2) is 17.0 Å². The molecule has 0 atom stereocenters. The van der Waals surface area contributed by atoms with Gasteiger partial charge in [-0.1, -0.05) is 56.0 Å². The zero-order valence-electron chi connectivity index (χ0n) is 16.0. The Labute approximate surface area is 151 Å². The van der Waals surface area contributed by atoms with Gasteiger partial charge in [0.05, 0.1) is 10.8 Å². The molecule has 0 saturated heterocycles. The van der Waals surface area contributed by atoms with Crippen LogP contribution in [0, 0.1) is 10.8 Å². The normalized spacial score (nSPS) is 12.0. The van der Waals surface area contributed by atoms with Crippen LogP contribution in [0.2, 0.25) is 0 Å². The smallest absolute Gasteiger partial charge is 0.311 e. The molecule has 25 heavy (non-hydrogen) atoms. The Morgan fingerprint density at radius 1 is 0.880 bits per heavy atom. The highest BCUT2D eigenvalue weighted by atomic mass is 16.5. The number of aliphatic carboxylic acids is 1. The monoisotopic (exact) mass is 348 g/mol. The minimum atomic E-state index is -0.741. The largest absolute Gasteiger partial charge is 0.481 e. The van der Waals surface area contributed by atoms with E-state index in [0.717, 1.165) is 37.7 Å². The standard InChI is InChI=1S/C21H32O4/c1-20(2,18(22)23)14-10-5-6-11-15-21(3,4)19(24)25-16-17-12-8-7-9-13-17/h7-9,12-13H,5-6,10-11,14-16H2,1-4H3,(H,22,23). The lowest BCUT2D eigenvalue weighted by Gasteiger charge is -2.23. The van der Waals surface area contributed by atoms with E-state index in [9.17, 15) is 9.59 Å². The van der Waals surface area contributed by atoms with Crippen LogP contribution in [-0.2, 0) is 20.9 Å². The number of carboxylic acid groups (broad SMARTS) is 1. The quantitative estimate of drug-likeness (QED) is 0.440. The minimum Gasteiger partial charge on any atom is -0.481 e. The molecule has 0 amide bonds.